The van der Waals surface area contributed by atoms with E-state index < -0.39 is 20.7 Å². The molecule has 0 bridgehead atoms. The number of amides is 1. The molecule has 0 saturated carbocycles. The summed E-state index contributed by atoms with van der Waals surface area (Å²) in [7, 11) is -3.12. The SMILES string of the molecule is CN(CCc1ccccn1)C(=O)OCOP(=O)(O)O. The van der Waals surface area contributed by atoms with Crippen LogP contribution >= 0.6 is 7.82 Å². The van der Waals surface area contributed by atoms with Gasteiger partial charge < -0.3 is 19.4 Å². The number of phosphoric acid groups is 1. The highest BCUT2D eigenvalue weighted by molar-refractivity contribution is 7.46. The van der Waals surface area contributed by atoms with Crippen LogP contribution in [0.3, 0.4) is 0 Å². The quantitative estimate of drug-likeness (QED) is 0.588. The van der Waals surface area contributed by atoms with Crippen molar-refractivity contribution >= 4 is 13.9 Å². The van der Waals surface area contributed by atoms with Gasteiger partial charge in [0.1, 0.15) is 0 Å². The lowest BCUT2D eigenvalue weighted by atomic mass is 10.2. The molecular formula is C10H15N2O6P. The van der Waals surface area contributed by atoms with Crippen molar-refractivity contribution in [3.63, 3.8) is 0 Å². The Hall–Kier alpha value is -1.47. The highest BCUT2D eigenvalue weighted by atomic mass is 31.2. The number of aromatic nitrogens is 1. The van der Waals surface area contributed by atoms with Gasteiger partial charge in [-0.2, -0.15) is 0 Å². The molecule has 1 rings (SSSR count). The zero-order valence-electron chi connectivity index (χ0n) is 10.3. The van der Waals surface area contributed by atoms with Crippen molar-refractivity contribution in [1.29, 1.82) is 0 Å². The van der Waals surface area contributed by atoms with E-state index in [4.69, 9.17) is 9.79 Å². The predicted molar refractivity (Wildman–Crippen MR) is 65.0 cm³/mol. The monoisotopic (exact) mass is 290 g/mol. The van der Waals surface area contributed by atoms with Crippen molar-refractivity contribution in [3.05, 3.63) is 30.1 Å². The summed E-state index contributed by atoms with van der Waals surface area (Å²) < 4.78 is 18.9. The predicted octanol–water partition coefficient (Wildman–Crippen LogP) is 0.759. The minimum Gasteiger partial charge on any atom is -0.422 e. The molecule has 0 radical (unpaired) electrons. The van der Waals surface area contributed by atoms with E-state index in [-0.39, 0.29) is 0 Å². The Bertz CT molecular complexity index is 449. The second kappa shape index (κ2) is 7.20. The molecule has 1 aromatic rings. The second-order valence-corrected chi connectivity index (χ2v) is 4.88. The number of carbonyl (C=O) groups is 1. The van der Waals surface area contributed by atoms with Crippen LogP contribution in [0.2, 0.25) is 0 Å². The van der Waals surface area contributed by atoms with Gasteiger partial charge in [0.25, 0.3) is 0 Å². The van der Waals surface area contributed by atoms with E-state index in [1.807, 2.05) is 12.1 Å². The summed E-state index contributed by atoms with van der Waals surface area (Å²) in [5.74, 6) is 0. The van der Waals surface area contributed by atoms with Gasteiger partial charge in [-0.3, -0.25) is 4.98 Å². The Kier molecular flexibility index (Phi) is 5.91. The molecule has 9 heteroatoms. The van der Waals surface area contributed by atoms with E-state index in [2.05, 4.69) is 14.2 Å². The molecule has 8 nitrogen and oxygen atoms in total. The Morgan fingerprint density at radius 3 is 2.79 bits per heavy atom. The minimum absolute atomic E-state index is 0.367. The largest absolute Gasteiger partial charge is 0.472 e. The molecule has 1 aromatic heterocycles. The molecule has 0 aliphatic rings. The molecule has 1 heterocycles. The van der Waals surface area contributed by atoms with Crippen LogP contribution < -0.4 is 0 Å². The van der Waals surface area contributed by atoms with Crippen LogP contribution in [-0.4, -0.2) is 46.1 Å². The highest BCUT2D eigenvalue weighted by Crippen LogP contribution is 2.35. The third-order valence-corrected chi connectivity index (χ3v) is 2.59. The average Bonchev–Trinajstić information content (AvgIpc) is 2.35. The van der Waals surface area contributed by atoms with Crippen molar-refractivity contribution in [2.24, 2.45) is 0 Å². The normalized spacial score (nSPS) is 11.1. The first-order valence-corrected chi connectivity index (χ1v) is 6.89. The Morgan fingerprint density at radius 2 is 2.21 bits per heavy atom. The maximum Gasteiger partial charge on any atom is 0.472 e. The van der Waals surface area contributed by atoms with Crippen molar-refractivity contribution in [2.75, 3.05) is 20.4 Å². The average molecular weight is 290 g/mol. The molecular weight excluding hydrogens is 275 g/mol. The second-order valence-electron chi connectivity index (χ2n) is 3.64. The Morgan fingerprint density at radius 1 is 1.47 bits per heavy atom. The third kappa shape index (κ3) is 6.88. The molecule has 0 aliphatic heterocycles. The lowest BCUT2D eigenvalue weighted by Gasteiger charge is -2.16. The van der Waals surface area contributed by atoms with Gasteiger partial charge >= 0.3 is 13.9 Å². The van der Waals surface area contributed by atoms with Gasteiger partial charge in [-0.15, -0.1) is 0 Å². The number of hydrogen-bond acceptors (Lipinski definition) is 5. The van der Waals surface area contributed by atoms with E-state index in [1.165, 1.54) is 11.9 Å². The van der Waals surface area contributed by atoms with Gasteiger partial charge in [0.2, 0.25) is 6.79 Å². The molecule has 19 heavy (non-hydrogen) atoms. The molecule has 1 amide bonds. The molecule has 2 N–H and O–H groups in total. The summed E-state index contributed by atoms with van der Waals surface area (Å²) in [6, 6.07) is 5.46. The molecule has 0 aromatic carbocycles. The zero-order chi connectivity index (χ0) is 14.3. The van der Waals surface area contributed by atoms with Crippen LogP contribution in [0.15, 0.2) is 24.4 Å². The summed E-state index contributed by atoms with van der Waals surface area (Å²) in [6.07, 6.45) is 1.47. The number of phosphoric ester groups is 1. The van der Waals surface area contributed by atoms with E-state index in [0.717, 1.165) is 5.69 Å². The van der Waals surface area contributed by atoms with Crippen LogP contribution in [0.25, 0.3) is 0 Å². The Labute approximate surface area is 110 Å². The Balaban J connectivity index is 2.27. The molecule has 0 unspecified atom stereocenters. The standard InChI is InChI=1S/C10H15N2O6P/c1-12(7-5-9-4-2-3-6-11-9)10(13)17-8-18-19(14,15)16/h2-4,6H,5,7-8H2,1H3,(H2,14,15,16). The number of ether oxygens (including phenoxy) is 1. The number of nitrogens with zero attached hydrogens (tertiary/aromatic N) is 2. The first-order valence-electron chi connectivity index (χ1n) is 5.36. The van der Waals surface area contributed by atoms with Crippen LogP contribution in [0.4, 0.5) is 4.79 Å². The van der Waals surface area contributed by atoms with Crippen LogP contribution in [0, 0.1) is 0 Å². The molecule has 0 atom stereocenters. The number of likely N-dealkylation sites (N-methyl/N-ethyl adjacent to an activating group) is 1. The summed E-state index contributed by atoms with van der Waals surface area (Å²) >= 11 is 0. The van der Waals surface area contributed by atoms with E-state index in [9.17, 15) is 9.36 Å². The minimum atomic E-state index is -4.62. The van der Waals surface area contributed by atoms with Crippen molar-refractivity contribution in [1.82, 2.24) is 9.88 Å². The van der Waals surface area contributed by atoms with Crippen molar-refractivity contribution < 1.29 is 28.4 Å². The molecule has 0 spiro atoms. The lowest BCUT2D eigenvalue weighted by molar-refractivity contribution is 0.0240. The smallest absolute Gasteiger partial charge is 0.422 e. The molecule has 0 saturated heterocycles. The first kappa shape index (κ1) is 15.6. The van der Waals surface area contributed by atoms with E-state index in [1.54, 1.807) is 12.3 Å². The van der Waals surface area contributed by atoms with Crippen molar-refractivity contribution in [2.45, 2.75) is 6.42 Å². The number of rotatable bonds is 6. The maximum absolute atomic E-state index is 11.4. The number of carbonyl (C=O) groups excluding carboxylic acids is 1. The highest BCUT2D eigenvalue weighted by Gasteiger charge is 2.16. The van der Waals surface area contributed by atoms with Gasteiger partial charge in [-0.05, 0) is 12.1 Å². The van der Waals surface area contributed by atoms with Gasteiger partial charge in [-0.25, -0.2) is 13.9 Å². The summed E-state index contributed by atoms with van der Waals surface area (Å²) in [6.45, 7) is -0.428. The van der Waals surface area contributed by atoms with E-state index >= 15 is 0 Å². The number of hydrogen-bond donors (Lipinski definition) is 2. The molecule has 0 fully saturated rings. The maximum atomic E-state index is 11.4. The summed E-state index contributed by atoms with van der Waals surface area (Å²) in [5.41, 5.74) is 0.827. The topological polar surface area (TPSA) is 109 Å². The number of pyridine rings is 1. The summed E-state index contributed by atoms with van der Waals surface area (Å²) in [4.78, 5) is 33.6. The van der Waals surface area contributed by atoms with Crippen LogP contribution in [0.5, 0.6) is 0 Å². The fraction of sp³-hybridized carbons (Fsp3) is 0.400. The van der Waals surface area contributed by atoms with Gasteiger partial charge in [-0.1, -0.05) is 6.07 Å². The van der Waals surface area contributed by atoms with Crippen molar-refractivity contribution in [3.8, 4) is 0 Å². The van der Waals surface area contributed by atoms with Gasteiger partial charge in [0.05, 0.1) is 0 Å². The lowest BCUT2D eigenvalue weighted by Crippen LogP contribution is -2.30. The van der Waals surface area contributed by atoms with Gasteiger partial charge in [0.15, 0.2) is 0 Å². The fourth-order valence-corrected chi connectivity index (χ4v) is 1.37. The zero-order valence-corrected chi connectivity index (χ0v) is 11.2. The summed E-state index contributed by atoms with van der Waals surface area (Å²) in [5, 5.41) is 0. The first-order chi connectivity index (χ1) is 8.88. The van der Waals surface area contributed by atoms with Gasteiger partial charge in [0, 0.05) is 31.9 Å². The molecule has 0 aliphatic carbocycles. The third-order valence-electron chi connectivity index (χ3n) is 2.14. The van der Waals surface area contributed by atoms with Crippen LogP contribution in [-0.2, 0) is 20.2 Å². The fourth-order valence-electron chi connectivity index (χ4n) is 1.18. The van der Waals surface area contributed by atoms with E-state index in [0.29, 0.717) is 13.0 Å². The van der Waals surface area contributed by atoms with Crippen LogP contribution in [0.1, 0.15) is 5.69 Å². The molecule has 106 valence electrons.